The van der Waals surface area contributed by atoms with E-state index in [2.05, 4.69) is 5.32 Å². The molecular weight excluding hydrogens is 274 g/mol. The van der Waals surface area contributed by atoms with Gasteiger partial charge in [-0.3, -0.25) is 0 Å². The number of hydrogen-bond donors (Lipinski definition) is 1. The zero-order valence-electron chi connectivity index (χ0n) is 12.1. The standard InChI is InChI=1S/C15H23NO3S/c1-3-19-13-9-7-12(8-10-13)15(16-2)14-6-4-5-11-20(14,17)18/h7-10,14-16H,3-6,11H2,1-2H3. The minimum absolute atomic E-state index is 0.143. The number of sulfone groups is 1. The van der Waals surface area contributed by atoms with E-state index in [-0.39, 0.29) is 11.3 Å². The highest BCUT2D eigenvalue weighted by Gasteiger charge is 2.35. The summed E-state index contributed by atoms with van der Waals surface area (Å²) in [6, 6.07) is 7.57. The van der Waals surface area contributed by atoms with E-state index < -0.39 is 9.84 Å². The van der Waals surface area contributed by atoms with Crippen molar-refractivity contribution in [3.63, 3.8) is 0 Å². The number of benzene rings is 1. The SMILES string of the molecule is CCOc1ccc(C(NC)C2CCCCS2(=O)=O)cc1. The molecule has 1 aromatic carbocycles. The van der Waals surface area contributed by atoms with E-state index in [0.717, 1.165) is 30.6 Å². The molecule has 112 valence electrons. The Morgan fingerprint density at radius 3 is 2.55 bits per heavy atom. The smallest absolute Gasteiger partial charge is 0.155 e. The lowest BCUT2D eigenvalue weighted by molar-refractivity contribution is 0.340. The van der Waals surface area contributed by atoms with Crippen LogP contribution in [0.2, 0.25) is 0 Å². The molecule has 5 heteroatoms. The molecule has 4 nitrogen and oxygen atoms in total. The maximum atomic E-state index is 12.3. The minimum Gasteiger partial charge on any atom is -0.494 e. The molecule has 1 aliphatic heterocycles. The number of hydrogen-bond acceptors (Lipinski definition) is 4. The summed E-state index contributed by atoms with van der Waals surface area (Å²) in [5.74, 6) is 1.13. The molecule has 0 aromatic heterocycles. The first-order chi connectivity index (χ1) is 9.58. The van der Waals surface area contributed by atoms with Crippen LogP contribution >= 0.6 is 0 Å². The number of rotatable bonds is 5. The quantitative estimate of drug-likeness (QED) is 0.906. The molecular formula is C15H23NO3S. The first-order valence-corrected chi connectivity index (χ1v) is 8.91. The van der Waals surface area contributed by atoms with Gasteiger partial charge < -0.3 is 10.1 Å². The van der Waals surface area contributed by atoms with Crippen LogP contribution in [0, 0.1) is 0 Å². The second kappa shape index (κ2) is 6.59. The highest BCUT2D eigenvalue weighted by Crippen LogP contribution is 2.31. The van der Waals surface area contributed by atoms with Gasteiger partial charge in [0.05, 0.1) is 17.6 Å². The van der Waals surface area contributed by atoms with Gasteiger partial charge in [-0.05, 0) is 44.5 Å². The van der Waals surface area contributed by atoms with Crippen LogP contribution in [-0.2, 0) is 9.84 Å². The Kier molecular flexibility index (Phi) is 5.05. The third-order valence-electron chi connectivity index (χ3n) is 3.86. The van der Waals surface area contributed by atoms with E-state index >= 15 is 0 Å². The monoisotopic (exact) mass is 297 g/mol. The van der Waals surface area contributed by atoms with Crippen molar-refractivity contribution >= 4 is 9.84 Å². The summed E-state index contributed by atoms with van der Waals surface area (Å²) in [5, 5.41) is 2.85. The lowest BCUT2D eigenvalue weighted by atomic mass is 9.99. The molecule has 0 amide bonds. The normalized spacial score (nSPS) is 23.2. The molecule has 0 radical (unpaired) electrons. The Morgan fingerprint density at radius 2 is 2.00 bits per heavy atom. The van der Waals surface area contributed by atoms with Crippen LogP contribution in [0.25, 0.3) is 0 Å². The van der Waals surface area contributed by atoms with Crippen molar-refractivity contribution in [1.82, 2.24) is 5.32 Å². The van der Waals surface area contributed by atoms with Crippen LogP contribution < -0.4 is 10.1 Å². The average Bonchev–Trinajstić information content (AvgIpc) is 2.43. The summed E-state index contributed by atoms with van der Waals surface area (Å²) < 4.78 is 29.9. The van der Waals surface area contributed by atoms with Crippen LogP contribution in [0.1, 0.15) is 37.8 Å². The molecule has 2 unspecified atom stereocenters. The molecule has 1 heterocycles. The van der Waals surface area contributed by atoms with E-state index in [1.54, 1.807) is 0 Å². The maximum Gasteiger partial charge on any atom is 0.155 e. The van der Waals surface area contributed by atoms with Crippen molar-refractivity contribution in [3.8, 4) is 5.75 Å². The van der Waals surface area contributed by atoms with Gasteiger partial charge in [0.25, 0.3) is 0 Å². The van der Waals surface area contributed by atoms with Crippen LogP contribution in [0.3, 0.4) is 0 Å². The zero-order valence-corrected chi connectivity index (χ0v) is 12.9. The second-order valence-corrected chi connectivity index (χ2v) is 7.51. The third-order valence-corrected chi connectivity index (χ3v) is 6.15. The predicted molar refractivity (Wildman–Crippen MR) is 80.8 cm³/mol. The van der Waals surface area contributed by atoms with Crippen molar-refractivity contribution in [2.24, 2.45) is 0 Å². The van der Waals surface area contributed by atoms with Gasteiger partial charge in [0, 0.05) is 6.04 Å². The fourth-order valence-corrected chi connectivity index (χ4v) is 5.00. The van der Waals surface area contributed by atoms with Gasteiger partial charge in [0.1, 0.15) is 5.75 Å². The van der Waals surface area contributed by atoms with Crippen LogP contribution in [0.4, 0.5) is 0 Å². The van der Waals surface area contributed by atoms with Gasteiger partial charge >= 0.3 is 0 Å². The fourth-order valence-electron chi connectivity index (χ4n) is 2.86. The highest BCUT2D eigenvalue weighted by atomic mass is 32.2. The minimum atomic E-state index is -3.00. The molecule has 1 aromatic rings. The number of ether oxygens (including phenoxy) is 1. The summed E-state index contributed by atoms with van der Waals surface area (Å²) in [7, 11) is -1.17. The zero-order chi connectivity index (χ0) is 14.6. The summed E-state index contributed by atoms with van der Waals surface area (Å²) in [6.07, 6.45) is 2.51. The van der Waals surface area contributed by atoms with Gasteiger partial charge in [-0.1, -0.05) is 18.6 Å². The van der Waals surface area contributed by atoms with E-state index in [9.17, 15) is 8.42 Å². The van der Waals surface area contributed by atoms with Crippen molar-refractivity contribution in [2.45, 2.75) is 37.5 Å². The van der Waals surface area contributed by atoms with E-state index in [4.69, 9.17) is 4.74 Å². The van der Waals surface area contributed by atoms with Crippen molar-refractivity contribution in [3.05, 3.63) is 29.8 Å². The summed E-state index contributed by atoms with van der Waals surface area (Å²) in [6.45, 7) is 2.57. The van der Waals surface area contributed by atoms with E-state index in [1.165, 1.54) is 0 Å². The fraction of sp³-hybridized carbons (Fsp3) is 0.600. The van der Waals surface area contributed by atoms with Gasteiger partial charge in [0.2, 0.25) is 0 Å². The van der Waals surface area contributed by atoms with Crippen molar-refractivity contribution in [1.29, 1.82) is 0 Å². The Bertz CT molecular complexity index is 525. The number of nitrogens with one attached hydrogen (secondary N) is 1. The molecule has 0 aliphatic carbocycles. The molecule has 1 saturated heterocycles. The molecule has 0 spiro atoms. The lowest BCUT2D eigenvalue weighted by Gasteiger charge is -2.30. The van der Waals surface area contributed by atoms with Crippen LogP contribution in [-0.4, -0.2) is 33.1 Å². The van der Waals surface area contributed by atoms with E-state index in [0.29, 0.717) is 12.4 Å². The molecule has 0 bridgehead atoms. The second-order valence-electron chi connectivity index (χ2n) is 5.17. The van der Waals surface area contributed by atoms with Gasteiger partial charge in [-0.2, -0.15) is 0 Å². The first-order valence-electron chi connectivity index (χ1n) is 7.20. The van der Waals surface area contributed by atoms with Crippen molar-refractivity contribution in [2.75, 3.05) is 19.4 Å². The maximum absolute atomic E-state index is 12.3. The van der Waals surface area contributed by atoms with Crippen LogP contribution in [0.5, 0.6) is 5.75 Å². The lowest BCUT2D eigenvalue weighted by Crippen LogP contribution is -2.39. The largest absolute Gasteiger partial charge is 0.494 e. The van der Waals surface area contributed by atoms with Crippen LogP contribution in [0.15, 0.2) is 24.3 Å². The summed E-state index contributed by atoms with van der Waals surface area (Å²) in [5.41, 5.74) is 1.01. The van der Waals surface area contributed by atoms with Gasteiger partial charge in [-0.25, -0.2) is 8.42 Å². The molecule has 20 heavy (non-hydrogen) atoms. The topological polar surface area (TPSA) is 55.4 Å². The molecule has 1 aliphatic rings. The first kappa shape index (κ1) is 15.3. The summed E-state index contributed by atoms with van der Waals surface area (Å²) in [4.78, 5) is 0. The molecule has 1 N–H and O–H groups in total. The van der Waals surface area contributed by atoms with Gasteiger partial charge in [-0.15, -0.1) is 0 Å². The average molecular weight is 297 g/mol. The van der Waals surface area contributed by atoms with Crippen molar-refractivity contribution < 1.29 is 13.2 Å². The molecule has 1 fully saturated rings. The predicted octanol–water partition coefficient (Wildman–Crippen LogP) is 2.31. The highest BCUT2D eigenvalue weighted by molar-refractivity contribution is 7.92. The molecule has 2 atom stereocenters. The molecule has 2 rings (SSSR count). The third kappa shape index (κ3) is 3.33. The van der Waals surface area contributed by atoms with Gasteiger partial charge in [0.15, 0.2) is 9.84 Å². The Hall–Kier alpha value is -1.07. The van der Waals surface area contributed by atoms with E-state index in [1.807, 2.05) is 38.2 Å². The Balaban J connectivity index is 2.23. The molecule has 0 saturated carbocycles. The summed E-state index contributed by atoms with van der Waals surface area (Å²) >= 11 is 0. The Labute approximate surface area is 121 Å². The Morgan fingerprint density at radius 1 is 1.30 bits per heavy atom.